The van der Waals surface area contributed by atoms with Crippen molar-refractivity contribution in [1.29, 1.82) is 10.5 Å². The summed E-state index contributed by atoms with van der Waals surface area (Å²) in [4.78, 5) is 14.6. The predicted octanol–water partition coefficient (Wildman–Crippen LogP) is 1.27. The maximum Gasteiger partial charge on any atom is 0.371 e. The molecule has 0 aliphatic rings. The highest BCUT2D eigenvalue weighted by molar-refractivity contribution is 5.84. The van der Waals surface area contributed by atoms with E-state index < -0.39 is 5.97 Å². The van der Waals surface area contributed by atoms with Crippen molar-refractivity contribution in [2.24, 2.45) is 0 Å². The van der Waals surface area contributed by atoms with Crippen LogP contribution in [0.15, 0.2) is 16.8 Å². The quantitative estimate of drug-likeness (QED) is 0.883. The van der Waals surface area contributed by atoms with E-state index in [9.17, 15) is 4.79 Å². The summed E-state index contributed by atoms with van der Waals surface area (Å²) in [6, 6.07) is 5.11. The number of aryl methyl sites for hydroxylation is 1. The largest absolute Gasteiger partial charge is 0.475 e. The van der Waals surface area contributed by atoms with Crippen LogP contribution in [0.3, 0.4) is 0 Å². The van der Waals surface area contributed by atoms with Gasteiger partial charge in [0.2, 0.25) is 5.76 Å². The van der Waals surface area contributed by atoms with Gasteiger partial charge in [-0.25, -0.2) is 9.78 Å². The molecule has 0 aliphatic heterocycles. The fourth-order valence-corrected chi connectivity index (χ4v) is 1.67. The lowest BCUT2D eigenvalue weighted by atomic mass is 10.2. The molecule has 2 rings (SSSR count). The Bertz CT molecular complexity index is 727. The Morgan fingerprint density at radius 3 is 2.79 bits per heavy atom. The van der Waals surface area contributed by atoms with Crippen molar-refractivity contribution in [3.63, 3.8) is 0 Å². The summed E-state index contributed by atoms with van der Waals surface area (Å²) in [5.41, 5.74) is 0.804. The second kappa shape index (κ2) is 4.67. The molecule has 19 heavy (non-hydrogen) atoms. The molecule has 0 saturated carbocycles. The summed E-state index contributed by atoms with van der Waals surface area (Å²) >= 11 is 0. The summed E-state index contributed by atoms with van der Waals surface area (Å²) in [5, 5.41) is 26.6. The summed E-state index contributed by atoms with van der Waals surface area (Å²) < 4.78 is 6.55. The van der Waals surface area contributed by atoms with Crippen molar-refractivity contribution in [2.75, 3.05) is 0 Å². The van der Waals surface area contributed by atoms with Crippen LogP contribution in [0.2, 0.25) is 0 Å². The Labute approximate surface area is 107 Å². The zero-order valence-corrected chi connectivity index (χ0v) is 9.91. The monoisotopic (exact) mass is 256 g/mol. The fourth-order valence-electron chi connectivity index (χ4n) is 1.67. The first-order valence-corrected chi connectivity index (χ1v) is 5.24. The van der Waals surface area contributed by atoms with E-state index in [-0.39, 0.29) is 23.7 Å². The molecule has 94 valence electrons. The van der Waals surface area contributed by atoms with Gasteiger partial charge in [0.15, 0.2) is 11.4 Å². The van der Waals surface area contributed by atoms with Crippen LogP contribution in [0.1, 0.15) is 33.3 Å². The molecule has 2 aromatic rings. The Balaban J connectivity index is 2.37. The Hall–Kier alpha value is -3.06. The number of nitriles is 2. The summed E-state index contributed by atoms with van der Waals surface area (Å²) in [6.07, 6.45) is 1.37. The molecule has 0 bridgehead atoms. The van der Waals surface area contributed by atoms with Gasteiger partial charge in [0.25, 0.3) is 0 Å². The first-order valence-electron chi connectivity index (χ1n) is 5.24. The number of imidazole rings is 1. The van der Waals surface area contributed by atoms with Crippen LogP contribution in [0.5, 0.6) is 0 Å². The van der Waals surface area contributed by atoms with E-state index in [0.717, 1.165) is 0 Å². The van der Waals surface area contributed by atoms with Crippen molar-refractivity contribution in [3.05, 3.63) is 40.9 Å². The smallest absolute Gasteiger partial charge is 0.371 e. The van der Waals surface area contributed by atoms with E-state index in [2.05, 4.69) is 4.98 Å². The lowest BCUT2D eigenvalue weighted by Crippen LogP contribution is -2.01. The molecule has 7 nitrogen and oxygen atoms in total. The van der Waals surface area contributed by atoms with Crippen molar-refractivity contribution in [3.8, 4) is 12.1 Å². The van der Waals surface area contributed by atoms with Gasteiger partial charge in [-0.15, -0.1) is 0 Å². The van der Waals surface area contributed by atoms with Gasteiger partial charge in [-0.05, 0) is 13.0 Å². The topological polar surface area (TPSA) is 116 Å². The average molecular weight is 256 g/mol. The fraction of sp³-hybridized carbons (Fsp3) is 0.167. The number of carboxylic acid groups (broad SMARTS) is 1. The lowest BCUT2D eigenvalue weighted by Gasteiger charge is -2.01. The Kier molecular flexibility index (Phi) is 3.05. The zero-order valence-electron chi connectivity index (χ0n) is 9.91. The number of hydrogen-bond donors (Lipinski definition) is 1. The Morgan fingerprint density at radius 1 is 1.53 bits per heavy atom. The molecular weight excluding hydrogens is 248 g/mol. The molecule has 0 aromatic carbocycles. The maximum atomic E-state index is 10.8. The maximum absolute atomic E-state index is 10.8. The molecule has 0 spiro atoms. The molecule has 0 amide bonds. The highest BCUT2D eigenvalue weighted by atomic mass is 16.4. The highest BCUT2D eigenvalue weighted by Gasteiger charge is 2.16. The molecule has 2 heterocycles. The number of rotatable bonds is 3. The van der Waals surface area contributed by atoms with Crippen LogP contribution in [-0.4, -0.2) is 20.6 Å². The summed E-state index contributed by atoms with van der Waals surface area (Å²) in [6.45, 7) is 1.86. The number of hydrogen-bond acceptors (Lipinski definition) is 5. The van der Waals surface area contributed by atoms with Gasteiger partial charge in [0, 0.05) is 5.56 Å². The van der Waals surface area contributed by atoms with Gasteiger partial charge < -0.3 is 14.1 Å². The second-order valence-electron chi connectivity index (χ2n) is 3.79. The van der Waals surface area contributed by atoms with E-state index in [0.29, 0.717) is 11.3 Å². The van der Waals surface area contributed by atoms with Crippen molar-refractivity contribution >= 4 is 5.97 Å². The molecule has 1 N–H and O–H groups in total. The molecule has 0 saturated heterocycles. The van der Waals surface area contributed by atoms with Crippen LogP contribution >= 0.6 is 0 Å². The third kappa shape index (κ3) is 2.17. The summed E-state index contributed by atoms with van der Waals surface area (Å²) in [7, 11) is 0. The zero-order chi connectivity index (χ0) is 14.0. The highest BCUT2D eigenvalue weighted by Crippen LogP contribution is 2.17. The normalized spacial score (nSPS) is 9.84. The van der Waals surface area contributed by atoms with Crippen molar-refractivity contribution in [1.82, 2.24) is 9.55 Å². The molecule has 2 aromatic heterocycles. The molecule has 0 fully saturated rings. The number of carbonyl (C=O) groups is 1. The van der Waals surface area contributed by atoms with Gasteiger partial charge in [0.1, 0.15) is 17.9 Å². The van der Waals surface area contributed by atoms with E-state index in [4.69, 9.17) is 20.0 Å². The number of nitrogens with zero attached hydrogens (tertiary/aromatic N) is 4. The first kappa shape index (κ1) is 12.4. The van der Waals surface area contributed by atoms with Crippen LogP contribution < -0.4 is 0 Å². The summed E-state index contributed by atoms with van der Waals surface area (Å²) in [5.74, 6) is -0.863. The Morgan fingerprint density at radius 2 is 2.26 bits per heavy atom. The SMILES string of the molecule is Cc1oc(C(=O)O)cc1Cn1cnc(C#N)c1C#N. The van der Waals surface area contributed by atoms with E-state index in [1.807, 2.05) is 12.1 Å². The van der Waals surface area contributed by atoms with Crippen molar-refractivity contribution in [2.45, 2.75) is 13.5 Å². The molecule has 0 radical (unpaired) electrons. The molecule has 0 unspecified atom stereocenters. The average Bonchev–Trinajstić information content (AvgIpc) is 2.94. The molecule has 7 heteroatoms. The number of aromatic nitrogens is 2. The predicted molar refractivity (Wildman–Crippen MR) is 61.2 cm³/mol. The van der Waals surface area contributed by atoms with Crippen LogP contribution in [0, 0.1) is 29.6 Å². The number of aromatic carboxylic acids is 1. The standard InChI is InChI=1S/C12H8N4O3/c1-7-8(2-11(19-7)12(17)18)5-16-6-15-9(3-13)10(16)4-14/h2,6H,5H2,1H3,(H,17,18). The number of carboxylic acids is 1. The molecular formula is C12H8N4O3. The van der Waals surface area contributed by atoms with Gasteiger partial charge in [0.05, 0.1) is 12.9 Å². The van der Waals surface area contributed by atoms with Gasteiger partial charge in [-0.1, -0.05) is 0 Å². The minimum absolute atomic E-state index is 0.0436. The van der Waals surface area contributed by atoms with E-state index in [1.165, 1.54) is 17.0 Å². The first-order chi connectivity index (χ1) is 9.06. The van der Waals surface area contributed by atoms with E-state index in [1.54, 1.807) is 6.92 Å². The number of furan rings is 1. The minimum atomic E-state index is -1.15. The van der Waals surface area contributed by atoms with Gasteiger partial charge >= 0.3 is 5.97 Å². The third-order valence-electron chi connectivity index (χ3n) is 2.62. The molecule has 0 atom stereocenters. The van der Waals surface area contributed by atoms with E-state index >= 15 is 0 Å². The molecule has 0 aliphatic carbocycles. The lowest BCUT2D eigenvalue weighted by molar-refractivity contribution is 0.0661. The van der Waals surface area contributed by atoms with Crippen LogP contribution in [0.4, 0.5) is 0 Å². The third-order valence-corrected chi connectivity index (χ3v) is 2.62. The minimum Gasteiger partial charge on any atom is -0.475 e. The second-order valence-corrected chi connectivity index (χ2v) is 3.79. The van der Waals surface area contributed by atoms with Crippen LogP contribution in [0.25, 0.3) is 0 Å². The van der Waals surface area contributed by atoms with Gasteiger partial charge in [-0.2, -0.15) is 10.5 Å². The van der Waals surface area contributed by atoms with Crippen molar-refractivity contribution < 1.29 is 14.3 Å². The van der Waals surface area contributed by atoms with Crippen LogP contribution in [-0.2, 0) is 6.54 Å². The van der Waals surface area contributed by atoms with Gasteiger partial charge in [-0.3, -0.25) is 0 Å².